The van der Waals surface area contributed by atoms with Crippen LogP contribution < -0.4 is 11.1 Å². The van der Waals surface area contributed by atoms with Crippen LogP contribution in [0.25, 0.3) is 0 Å². The van der Waals surface area contributed by atoms with E-state index in [2.05, 4.69) is 19.2 Å². The zero-order chi connectivity index (χ0) is 11.8. The molecule has 1 rings (SSSR count). The van der Waals surface area contributed by atoms with E-state index in [4.69, 9.17) is 5.73 Å². The van der Waals surface area contributed by atoms with Gasteiger partial charge in [0.15, 0.2) is 0 Å². The highest BCUT2D eigenvalue weighted by atomic mass is 14.9. The molecule has 16 heavy (non-hydrogen) atoms. The van der Waals surface area contributed by atoms with E-state index in [9.17, 15) is 0 Å². The molecule has 0 spiro atoms. The molecule has 1 fully saturated rings. The van der Waals surface area contributed by atoms with Crippen LogP contribution >= 0.6 is 0 Å². The molecule has 2 nitrogen and oxygen atoms in total. The number of rotatable bonds is 5. The second kappa shape index (κ2) is 8.08. The van der Waals surface area contributed by atoms with Crippen LogP contribution in [0.3, 0.4) is 0 Å². The van der Waals surface area contributed by atoms with Gasteiger partial charge >= 0.3 is 0 Å². The van der Waals surface area contributed by atoms with E-state index in [1.165, 1.54) is 51.5 Å². The maximum absolute atomic E-state index is 5.78. The van der Waals surface area contributed by atoms with Crippen molar-refractivity contribution < 1.29 is 0 Å². The predicted molar refractivity (Wildman–Crippen MR) is 71.5 cm³/mol. The second-order valence-electron chi connectivity index (χ2n) is 5.71. The Bertz CT molecular complexity index is 160. The average molecular weight is 226 g/mol. The highest BCUT2D eigenvalue weighted by Crippen LogP contribution is 2.21. The molecule has 1 saturated carbocycles. The van der Waals surface area contributed by atoms with Crippen LogP contribution in [0.15, 0.2) is 0 Å². The van der Waals surface area contributed by atoms with Gasteiger partial charge in [0.2, 0.25) is 0 Å². The molecule has 0 aromatic carbocycles. The molecule has 0 amide bonds. The quantitative estimate of drug-likeness (QED) is 0.756. The first-order chi connectivity index (χ1) is 7.74. The summed E-state index contributed by atoms with van der Waals surface area (Å²) in [4.78, 5) is 0. The van der Waals surface area contributed by atoms with Gasteiger partial charge in [-0.1, -0.05) is 46.0 Å². The van der Waals surface area contributed by atoms with Crippen molar-refractivity contribution in [3.05, 3.63) is 0 Å². The summed E-state index contributed by atoms with van der Waals surface area (Å²) in [6, 6.07) is 0.505. The summed E-state index contributed by atoms with van der Waals surface area (Å²) in [5, 5.41) is 3.66. The van der Waals surface area contributed by atoms with Crippen LogP contribution in [-0.2, 0) is 0 Å². The minimum absolute atomic E-state index is 0.505. The first kappa shape index (κ1) is 14.0. The fourth-order valence-corrected chi connectivity index (χ4v) is 2.65. The largest absolute Gasteiger partial charge is 0.329 e. The molecular weight excluding hydrogens is 196 g/mol. The third kappa shape index (κ3) is 5.31. The summed E-state index contributed by atoms with van der Waals surface area (Å²) in [6.07, 6.45) is 10.0. The van der Waals surface area contributed by atoms with Gasteiger partial charge in [-0.2, -0.15) is 0 Å². The zero-order valence-corrected chi connectivity index (χ0v) is 11.2. The Morgan fingerprint density at radius 2 is 1.62 bits per heavy atom. The van der Waals surface area contributed by atoms with Crippen molar-refractivity contribution in [2.45, 2.75) is 64.8 Å². The summed E-state index contributed by atoms with van der Waals surface area (Å²) in [6.45, 7) is 6.45. The third-order valence-corrected chi connectivity index (χ3v) is 3.95. The lowest BCUT2D eigenvalue weighted by Gasteiger charge is -2.25. The van der Waals surface area contributed by atoms with E-state index >= 15 is 0 Å². The minimum Gasteiger partial charge on any atom is -0.329 e. The molecule has 0 bridgehead atoms. The van der Waals surface area contributed by atoms with Crippen molar-refractivity contribution in [3.63, 3.8) is 0 Å². The van der Waals surface area contributed by atoms with Gasteiger partial charge in [0.05, 0.1) is 0 Å². The first-order valence-electron chi connectivity index (χ1n) is 7.17. The molecular formula is C14H30N2. The van der Waals surface area contributed by atoms with Gasteiger partial charge < -0.3 is 11.1 Å². The predicted octanol–water partition coefficient (Wildman–Crippen LogP) is 2.92. The van der Waals surface area contributed by atoms with Gasteiger partial charge in [-0.25, -0.2) is 0 Å². The van der Waals surface area contributed by atoms with Crippen molar-refractivity contribution in [1.82, 2.24) is 5.32 Å². The van der Waals surface area contributed by atoms with Gasteiger partial charge in [0, 0.05) is 12.6 Å². The standard InChI is InChI=1S/C14H30N2/c1-12(2)14(10-15)16-11-13-8-6-4-3-5-7-9-13/h12-14,16H,3-11,15H2,1-2H3. The molecule has 0 aromatic heterocycles. The Labute approximate surface area is 101 Å². The van der Waals surface area contributed by atoms with Gasteiger partial charge in [-0.05, 0) is 31.2 Å². The van der Waals surface area contributed by atoms with E-state index in [-0.39, 0.29) is 0 Å². The summed E-state index contributed by atoms with van der Waals surface area (Å²) in [7, 11) is 0. The molecule has 0 saturated heterocycles. The monoisotopic (exact) mass is 226 g/mol. The van der Waals surface area contributed by atoms with E-state index in [1.54, 1.807) is 0 Å². The third-order valence-electron chi connectivity index (χ3n) is 3.95. The molecule has 96 valence electrons. The fraction of sp³-hybridized carbons (Fsp3) is 1.00. The van der Waals surface area contributed by atoms with Crippen molar-refractivity contribution >= 4 is 0 Å². The van der Waals surface area contributed by atoms with E-state index in [0.717, 1.165) is 12.5 Å². The topological polar surface area (TPSA) is 38.0 Å². The summed E-state index contributed by atoms with van der Waals surface area (Å²) >= 11 is 0. The summed E-state index contributed by atoms with van der Waals surface area (Å²) in [5.41, 5.74) is 5.78. The van der Waals surface area contributed by atoms with Gasteiger partial charge in [0.25, 0.3) is 0 Å². The van der Waals surface area contributed by atoms with Crippen LogP contribution in [0.5, 0.6) is 0 Å². The van der Waals surface area contributed by atoms with Crippen LogP contribution in [-0.4, -0.2) is 19.1 Å². The normalized spacial score (nSPS) is 21.8. The van der Waals surface area contributed by atoms with Crippen LogP contribution in [0.1, 0.15) is 58.8 Å². The maximum Gasteiger partial charge on any atom is 0.0213 e. The Morgan fingerprint density at radius 1 is 1.06 bits per heavy atom. The number of hydrogen-bond donors (Lipinski definition) is 2. The molecule has 3 N–H and O–H groups in total. The Balaban J connectivity index is 2.23. The van der Waals surface area contributed by atoms with Gasteiger partial charge in [-0.3, -0.25) is 0 Å². The van der Waals surface area contributed by atoms with Crippen molar-refractivity contribution in [1.29, 1.82) is 0 Å². The smallest absolute Gasteiger partial charge is 0.0213 e. The van der Waals surface area contributed by atoms with Crippen LogP contribution in [0, 0.1) is 11.8 Å². The lowest BCUT2D eigenvalue weighted by molar-refractivity contribution is 0.320. The van der Waals surface area contributed by atoms with Crippen LogP contribution in [0.2, 0.25) is 0 Å². The molecule has 1 aliphatic carbocycles. The first-order valence-corrected chi connectivity index (χ1v) is 7.17. The van der Waals surface area contributed by atoms with Gasteiger partial charge in [0.1, 0.15) is 0 Å². The maximum atomic E-state index is 5.78. The zero-order valence-electron chi connectivity index (χ0n) is 11.2. The SMILES string of the molecule is CC(C)C(CN)NCC1CCCCCCC1. The Hall–Kier alpha value is -0.0800. The van der Waals surface area contributed by atoms with E-state index in [0.29, 0.717) is 12.0 Å². The van der Waals surface area contributed by atoms with Crippen molar-refractivity contribution in [2.75, 3.05) is 13.1 Å². The molecule has 1 aliphatic rings. The molecule has 2 heteroatoms. The minimum atomic E-state index is 0.505. The fourth-order valence-electron chi connectivity index (χ4n) is 2.65. The second-order valence-corrected chi connectivity index (χ2v) is 5.71. The summed E-state index contributed by atoms with van der Waals surface area (Å²) in [5.74, 6) is 1.55. The van der Waals surface area contributed by atoms with Gasteiger partial charge in [-0.15, -0.1) is 0 Å². The van der Waals surface area contributed by atoms with E-state index < -0.39 is 0 Å². The van der Waals surface area contributed by atoms with Crippen molar-refractivity contribution in [2.24, 2.45) is 17.6 Å². The molecule has 1 unspecified atom stereocenters. The Kier molecular flexibility index (Phi) is 7.06. The molecule has 0 radical (unpaired) electrons. The van der Waals surface area contributed by atoms with E-state index in [1.807, 2.05) is 0 Å². The molecule has 1 atom stereocenters. The Morgan fingerprint density at radius 3 is 2.12 bits per heavy atom. The lowest BCUT2D eigenvalue weighted by Crippen LogP contribution is -2.42. The lowest BCUT2D eigenvalue weighted by atomic mass is 9.90. The van der Waals surface area contributed by atoms with Crippen LogP contribution in [0.4, 0.5) is 0 Å². The number of nitrogens with two attached hydrogens (primary N) is 1. The highest BCUT2D eigenvalue weighted by Gasteiger charge is 2.15. The number of hydrogen-bond acceptors (Lipinski definition) is 2. The molecule has 0 aromatic rings. The van der Waals surface area contributed by atoms with Crippen molar-refractivity contribution in [3.8, 4) is 0 Å². The molecule has 0 aliphatic heterocycles. The average Bonchev–Trinajstić information content (AvgIpc) is 2.20. The highest BCUT2D eigenvalue weighted by molar-refractivity contribution is 4.74. The number of nitrogens with one attached hydrogen (secondary N) is 1. The summed E-state index contributed by atoms with van der Waals surface area (Å²) < 4.78 is 0. The molecule has 0 heterocycles.